The molecular weight excluding hydrogens is 371 g/mol. The molecule has 0 atom stereocenters. The minimum atomic E-state index is -3.26. The summed E-state index contributed by atoms with van der Waals surface area (Å²) in [5, 5.41) is 7.90. The molecule has 4 heteroatoms. The first-order valence-corrected chi connectivity index (χ1v) is 12.3. The van der Waals surface area contributed by atoms with E-state index in [2.05, 4.69) is 84.0 Å². The molecule has 0 N–H and O–H groups in total. The number of aromatic nitrogens is 2. The predicted molar refractivity (Wildman–Crippen MR) is 118 cm³/mol. The number of benzene rings is 3. The molecule has 0 fully saturated rings. The van der Waals surface area contributed by atoms with Crippen LogP contribution in [0.3, 0.4) is 0 Å². The molecule has 0 aliphatic carbocycles. The molecule has 3 aromatic carbocycles. The summed E-state index contributed by atoms with van der Waals surface area (Å²) in [6.45, 7) is 0. The van der Waals surface area contributed by atoms with E-state index in [-0.39, 0.29) is 0 Å². The van der Waals surface area contributed by atoms with Gasteiger partial charge in [-0.3, -0.25) is 0 Å². The van der Waals surface area contributed by atoms with Crippen molar-refractivity contribution < 1.29 is 0 Å². The fourth-order valence-corrected chi connectivity index (χ4v) is 9.92. The first-order chi connectivity index (χ1) is 13.1. The first-order valence-electron chi connectivity index (χ1n) is 8.99. The standard InChI is InChI=1S/C23H22ClN2P/c1-26-20(17-18-25-26)19-27(24,21-11-5-2-6-12-21,22-13-7-3-8-14-22)23-15-9-4-10-16-23/h2-18H,19H2,1H3. The Balaban J connectivity index is 2.11. The molecule has 0 bridgehead atoms. The Morgan fingerprint density at radius 1 is 0.704 bits per heavy atom. The van der Waals surface area contributed by atoms with Crippen molar-refractivity contribution in [1.82, 2.24) is 9.78 Å². The number of hydrogen-bond donors (Lipinski definition) is 0. The second-order valence-corrected chi connectivity index (χ2v) is 13.3. The number of halogens is 1. The van der Waals surface area contributed by atoms with E-state index in [1.54, 1.807) is 0 Å². The topological polar surface area (TPSA) is 17.8 Å². The van der Waals surface area contributed by atoms with E-state index in [1.165, 1.54) is 15.9 Å². The summed E-state index contributed by atoms with van der Waals surface area (Å²) >= 11 is 8.03. The number of hydrogen-bond acceptors (Lipinski definition) is 1. The summed E-state index contributed by atoms with van der Waals surface area (Å²) in [6.07, 6.45) is 2.55. The minimum absolute atomic E-state index is 0.710. The molecule has 4 aromatic rings. The van der Waals surface area contributed by atoms with Gasteiger partial charge >= 0.3 is 165 Å². The normalized spacial score (nSPS) is 13.0. The molecule has 136 valence electrons. The van der Waals surface area contributed by atoms with Crippen LogP contribution in [-0.4, -0.2) is 9.78 Å². The Kier molecular flexibility index (Phi) is 4.63. The Labute approximate surface area is 165 Å². The van der Waals surface area contributed by atoms with Gasteiger partial charge in [0.05, 0.1) is 0 Å². The van der Waals surface area contributed by atoms with Crippen molar-refractivity contribution in [2.45, 2.75) is 6.16 Å². The summed E-state index contributed by atoms with van der Waals surface area (Å²) in [4.78, 5) is 0. The van der Waals surface area contributed by atoms with Gasteiger partial charge in [-0.05, 0) is 0 Å². The summed E-state index contributed by atoms with van der Waals surface area (Å²) in [6, 6.07) is 33.7. The first kappa shape index (κ1) is 18.0. The van der Waals surface area contributed by atoms with Gasteiger partial charge in [0.1, 0.15) is 0 Å². The van der Waals surface area contributed by atoms with Gasteiger partial charge in [0.2, 0.25) is 0 Å². The Bertz CT molecular complexity index is 930. The van der Waals surface area contributed by atoms with E-state index < -0.39 is 5.96 Å². The number of rotatable bonds is 5. The summed E-state index contributed by atoms with van der Waals surface area (Å²) < 4.78 is 1.93. The second-order valence-electron chi connectivity index (χ2n) is 6.79. The molecule has 0 amide bonds. The molecule has 2 nitrogen and oxygen atoms in total. The van der Waals surface area contributed by atoms with Gasteiger partial charge in [-0.1, -0.05) is 0 Å². The van der Waals surface area contributed by atoms with Crippen molar-refractivity contribution in [3.8, 4) is 0 Å². The molecular formula is C23H22ClN2P. The summed E-state index contributed by atoms with van der Waals surface area (Å²) in [5.74, 6) is -3.26. The van der Waals surface area contributed by atoms with Gasteiger partial charge in [-0.25, -0.2) is 0 Å². The van der Waals surface area contributed by atoms with Crippen LogP contribution >= 0.6 is 17.2 Å². The van der Waals surface area contributed by atoms with Crippen LogP contribution in [-0.2, 0) is 13.2 Å². The maximum absolute atomic E-state index is 8.03. The molecule has 0 unspecified atom stereocenters. The molecule has 1 aromatic heterocycles. The second kappa shape index (κ2) is 6.96. The molecule has 27 heavy (non-hydrogen) atoms. The van der Waals surface area contributed by atoms with E-state index in [1.807, 2.05) is 36.1 Å². The number of aryl methyl sites for hydroxylation is 1. The van der Waals surface area contributed by atoms with Crippen molar-refractivity contribution in [3.63, 3.8) is 0 Å². The van der Waals surface area contributed by atoms with Gasteiger partial charge in [-0.15, -0.1) is 0 Å². The zero-order valence-corrected chi connectivity index (χ0v) is 16.9. The van der Waals surface area contributed by atoms with E-state index in [4.69, 9.17) is 11.2 Å². The Morgan fingerprint density at radius 3 is 1.44 bits per heavy atom. The maximum atomic E-state index is 8.03. The number of nitrogens with zero attached hydrogens (tertiary/aromatic N) is 2. The zero-order valence-electron chi connectivity index (χ0n) is 15.2. The summed E-state index contributed by atoms with van der Waals surface area (Å²) in [7, 11) is 1.98. The van der Waals surface area contributed by atoms with Crippen molar-refractivity contribution in [2.75, 3.05) is 0 Å². The van der Waals surface area contributed by atoms with Gasteiger partial charge in [-0.2, -0.15) is 0 Å². The quantitative estimate of drug-likeness (QED) is 0.454. The van der Waals surface area contributed by atoms with E-state index in [0.29, 0.717) is 6.16 Å². The van der Waals surface area contributed by atoms with Crippen molar-refractivity contribution in [1.29, 1.82) is 0 Å². The van der Waals surface area contributed by atoms with Crippen LogP contribution in [0.1, 0.15) is 5.69 Å². The Morgan fingerprint density at radius 2 is 1.11 bits per heavy atom. The van der Waals surface area contributed by atoms with Gasteiger partial charge in [0, 0.05) is 0 Å². The van der Waals surface area contributed by atoms with E-state index in [9.17, 15) is 0 Å². The molecule has 0 aliphatic heterocycles. The van der Waals surface area contributed by atoms with Crippen LogP contribution < -0.4 is 15.9 Å². The van der Waals surface area contributed by atoms with Crippen LogP contribution in [0.15, 0.2) is 103 Å². The fourth-order valence-electron chi connectivity index (χ4n) is 3.80. The third kappa shape index (κ3) is 2.90. The Hall–Kier alpha value is -2.41. The van der Waals surface area contributed by atoms with Crippen LogP contribution in [0.5, 0.6) is 0 Å². The van der Waals surface area contributed by atoms with Gasteiger partial charge < -0.3 is 0 Å². The van der Waals surface area contributed by atoms with Gasteiger partial charge in [0.15, 0.2) is 0 Å². The molecule has 0 aliphatic rings. The molecule has 0 saturated carbocycles. The van der Waals surface area contributed by atoms with Crippen LogP contribution in [0, 0.1) is 0 Å². The molecule has 0 radical (unpaired) electrons. The monoisotopic (exact) mass is 392 g/mol. The SMILES string of the molecule is Cn1nccc1CP(Cl)(c1ccccc1)(c1ccccc1)c1ccccc1. The zero-order chi connectivity index (χ0) is 18.8. The average molecular weight is 393 g/mol. The third-order valence-corrected chi connectivity index (χ3v) is 12.4. The van der Waals surface area contributed by atoms with Gasteiger partial charge in [0.25, 0.3) is 0 Å². The summed E-state index contributed by atoms with van der Waals surface area (Å²) in [5.41, 5.74) is 1.12. The van der Waals surface area contributed by atoms with E-state index in [0.717, 1.165) is 5.69 Å². The van der Waals surface area contributed by atoms with Crippen molar-refractivity contribution in [3.05, 3.63) is 109 Å². The predicted octanol–water partition coefficient (Wildman–Crippen LogP) is 4.60. The van der Waals surface area contributed by atoms with E-state index >= 15 is 0 Å². The van der Waals surface area contributed by atoms with Crippen molar-refractivity contribution in [2.24, 2.45) is 7.05 Å². The average Bonchev–Trinajstić information content (AvgIpc) is 3.14. The molecule has 1 heterocycles. The molecule has 0 saturated heterocycles. The molecule has 0 spiro atoms. The van der Waals surface area contributed by atoms with Crippen molar-refractivity contribution >= 4 is 33.1 Å². The van der Waals surface area contributed by atoms with Crippen LogP contribution in [0.4, 0.5) is 0 Å². The third-order valence-electron chi connectivity index (χ3n) is 5.27. The van der Waals surface area contributed by atoms with Crippen LogP contribution in [0.25, 0.3) is 0 Å². The van der Waals surface area contributed by atoms with Crippen LogP contribution in [0.2, 0.25) is 0 Å². The molecule has 4 rings (SSSR count). The fraction of sp³-hybridized carbons (Fsp3) is 0.0870.